The molecule has 6 nitrogen and oxygen atoms in total. The molecule has 0 aliphatic rings. The molecule has 0 saturated heterocycles. The topological polar surface area (TPSA) is 75.7 Å². The van der Waals surface area contributed by atoms with Crippen LogP contribution in [0.25, 0.3) is 0 Å². The van der Waals surface area contributed by atoms with E-state index in [1.165, 1.54) is 12.1 Å². The minimum atomic E-state index is -3.95. The number of rotatable bonds is 8. The summed E-state index contributed by atoms with van der Waals surface area (Å²) in [5.41, 5.74) is 3.02. The molecule has 0 saturated carbocycles. The molecule has 3 rings (SSSR count). The SMILES string of the molecule is CCOc1ccc(N(CC(=O)Nc2cccc(C)c2C)S(=O)(=O)c2ccccc2)cc1. The normalized spacial score (nSPS) is 11.1. The van der Waals surface area contributed by atoms with E-state index < -0.39 is 15.9 Å². The van der Waals surface area contributed by atoms with Crippen LogP contribution in [-0.4, -0.2) is 27.5 Å². The van der Waals surface area contributed by atoms with Gasteiger partial charge in [-0.15, -0.1) is 0 Å². The molecule has 0 unspecified atom stereocenters. The standard InChI is InChI=1S/C24H26N2O4S/c1-4-30-21-15-13-20(14-16-21)26(31(28,29)22-10-6-5-7-11-22)17-24(27)25-23-12-8-9-18(2)19(23)3/h5-16H,4,17H2,1-3H3,(H,25,27). The van der Waals surface area contributed by atoms with Crippen molar-refractivity contribution < 1.29 is 17.9 Å². The van der Waals surface area contributed by atoms with Crippen molar-refractivity contribution in [3.05, 3.63) is 83.9 Å². The second-order valence-corrected chi connectivity index (χ2v) is 8.91. The van der Waals surface area contributed by atoms with Crippen LogP contribution in [0.3, 0.4) is 0 Å². The number of carbonyl (C=O) groups excluding carboxylic acids is 1. The summed E-state index contributed by atoms with van der Waals surface area (Å²) >= 11 is 0. The first kappa shape index (κ1) is 22.4. The molecule has 0 atom stereocenters. The van der Waals surface area contributed by atoms with Crippen LogP contribution in [0, 0.1) is 13.8 Å². The van der Waals surface area contributed by atoms with E-state index >= 15 is 0 Å². The number of nitrogens with zero attached hydrogens (tertiary/aromatic N) is 1. The highest BCUT2D eigenvalue weighted by Gasteiger charge is 2.27. The minimum absolute atomic E-state index is 0.114. The molecule has 0 bridgehead atoms. The summed E-state index contributed by atoms with van der Waals surface area (Å²) in [4.78, 5) is 13.0. The van der Waals surface area contributed by atoms with E-state index in [-0.39, 0.29) is 11.4 Å². The first-order valence-corrected chi connectivity index (χ1v) is 11.4. The van der Waals surface area contributed by atoms with Crippen LogP contribution in [0.2, 0.25) is 0 Å². The molecular weight excluding hydrogens is 412 g/mol. The molecule has 0 aromatic heterocycles. The van der Waals surface area contributed by atoms with Crippen LogP contribution >= 0.6 is 0 Å². The second-order valence-electron chi connectivity index (χ2n) is 7.05. The fourth-order valence-corrected chi connectivity index (χ4v) is 4.56. The largest absolute Gasteiger partial charge is 0.494 e. The Morgan fingerprint density at radius 1 is 0.935 bits per heavy atom. The van der Waals surface area contributed by atoms with Crippen LogP contribution in [-0.2, 0) is 14.8 Å². The summed E-state index contributed by atoms with van der Waals surface area (Å²) < 4.78 is 33.3. The molecule has 0 aliphatic carbocycles. The van der Waals surface area contributed by atoms with Crippen molar-refractivity contribution in [1.29, 1.82) is 0 Å². The molecular formula is C24H26N2O4S. The fraction of sp³-hybridized carbons (Fsp3) is 0.208. The highest BCUT2D eigenvalue weighted by molar-refractivity contribution is 7.92. The summed E-state index contributed by atoms with van der Waals surface area (Å²) in [5.74, 6) is 0.199. The number of ether oxygens (including phenoxy) is 1. The van der Waals surface area contributed by atoms with E-state index in [4.69, 9.17) is 4.74 Å². The predicted molar refractivity (Wildman–Crippen MR) is 123 cm³/mol. The molecule has 0 spiro atoms. The van der Waals surface area contributed by atoms with Crippen molar-refractivity contribution in [1.82, 2.24) is 0 Å². The van der Waals surface area contributed by atoms with Crippen LogP contribution in [0.15, 0.2) is 77.7 Å². The Morgan fingerprint density at radius 2 is 1.61 bits per heavy atom. The van der Waals surface area contributed by atoms with E-state index in [1.54, 1.807) is 48.5 Å². The van der Waals surface area contributed by atoms with Crippen molar-refractivity contribution in [2.24, 2.45) is 0 Å². The van der Waals surface area contributed by atoms with Crippen molar-refractivity contribution in [2.45, 2.75) is 25.7 Å². The molecule has 31 heavy (non-hydrogen) atoms. The van der Waals surface area contributed by atoms with Crippen molar-refractivity contribution >= 4 is 27.3 Å². The monoisotopic (exact) mass is 438 g/mol. The molecule has 0 fully saturated rings. The summed E-state index contributed by atoms with van der Waals surface area (Å²) in [7, 11) is -3.95. The summed E-state index contributed by atoms with van der Waals surface area (Å²) in [5, 5.41) is 2.84. The average Bonchev–Trinajstić information content (AvgIpc) is 2.77. The molecule has 1 amide bonds. The van der Waals surface area contributed by atoms with Gasteiger partial charge in [0.25, 0.3) is 10.0 Å². The quantitative estimate of drug-likeness (QED) is 0.560. The van der Waals surface area contributed by atoms with Gasteiger partial charge in [0, 0.05) is 5.69 Å². The van der Waals surface area contributed by atoms with E-state index in [0.29, 0.717) is 23.7 Å². The first-order valence-electron chi connectivity index (χ1n) is 9.99. The number of carbonyl (C=O) groups is 1. The Labute approximate surface area is 183 Å². The van der Waals surface area contributed by atoms with E-state index in [0.717, 1.165) is 15.4 Å². The maximum absolute atomic E-state index is 13.4. The summed E-state index contributed by atoms with van der Waals surface area (Å²) in [6.45, 7) is 5.88. The fourth-order valence-electron chi connectivity index (χ4n) is 3.12. The summed E-state index contributed by atoms with van der Waals surface area (Å²) in [6.07, 6.45) is 0. The van der Waals surface area contributed by atoms with Crippen LogP contribution in [0.5, 0.6) is 5.75 Å². The van der Waals surface area contributed by atoms with Crippen LogP contribution in [0.4, 0.5) is 11.4 Å². The lowest BCUT2D eigenvalue weighted by molar-refractivity contribution is -0.114. The Hall–Kier alpha value is -3.32. The lowest BCUT2D eigenvalue weighted by atomic mass is 10.1. The average molecular weight is 439 g/mol. The maximum atomic E-state index is 13.4. The predicted octanol–water partition coefficient (Wildman–Crippen LogP) is 4.54. The minimum Gasteiger partial charge on any atom is -0.494 e. The third-order valence-electron chi connectivity index (χ3n) is 4.93. The molecule has 0 heterocycles. The number of amides is 1. The number of sulfonamides is 1. The van der Waals surface area contributed by atoms with Crippen LogP contribution in [0.1, 0.15) is 18.1 Å². The lowest BCUT2D eigenvalue weighted by Gasteiger charge is -2.24. The van der Waals surface area contributed by atoms with Gasteiger partial charge in [0.15, 0.2) is 0 Å². The number of nitrogens with one attached hydrogen (secondary N) is 1. The highest BCUT2D eigenvalue weighted by atomic mass is 32.2. The highest BCUT2D eigenvalue weighted by Crippen LogP contribution is 2.26. The van der Waals surface area contributed by atoms with Gasteiger partial charge in [-0.25, -0.2) is 8.42 Å². The zero-order chi connectivity index (χ0) is 22.4. The van der Waals surface area contributed by atoms with E-state index in [1.807, 2.05) is 32.9 Å². The van der Waals surface area contributed by atoms with E-state index in [9.17, 15) is 13.2 Å². The van der Waals surface area contributed by atoms with Gasteiger partial charge in [-0.2, -0.15) is 0 Å². The van der Waals surface area contributed by atoms with Crippen LogP contribution < -0.4 is 14.4 Å². The first-order chi connectivity index (χ1) is 14.8. The number of hydrogen-bond acceptors (Lipinski definition) is 4. The smallest absolute Gasteiger partial charge is 0.264 e. The van der Waals surface area contributed by atoms with Gasteiger partial charge in [0.05, 0.1) is 17.2 Å². The van der Waals surface area contributed by atoms with Gasteiger partial charge in [-0.1, -0.05) is 30.3 Å². The Morgan fingerprint density at radius 3 is 2.26 bits per heavy atom. The third-order valence-corrected chi connectivity index (χ3v) is 6.72. The number of benzene rings is 3. The molecule has 162 valence electrons. The molecule has 1 N–H and O–H groups in total. The van der Waals surface area contributed by atoms with Crippen molar-refractivity contribution in [3.63, 3.8) is 0 Å². The Bertz CT molecular complexity index is 1140. The van der Waals surface area contributed by atoms with Crippen molar-refractivity contribution in [2.75, 3.05) is 22.8 Å². The number of hydrogen-bond donors (Lipinski definition) is 1. The Balaban J connectivity index is 1.93. The molecule has 3 aromatic rings. The Kier molecular flexibility index (Phi) is 6.97. The van der Waals surface area contributed by atoms with Gasteiger partial charge in [-0.3, -0.25) is 9.10 Å². The lowest BCUT2D eigenvalue weighted by Crippen LogP contribution is -2.38. The van der Waals surface area contributed by atoms with Gasteiger partial charge in [-0.05, 0) is 74.4 Å². The molecule has 7 heteroatoms. The molecule has 0 aliphatic heterocycles. The van der Waals surface area contributed by atoms with Gasteiger partial charge < -0.3 is 10.1 Å². The molecule has 3 aromatic carbocycles. The third kappa shape index (κ3) is 5.24. The van der Waals surface area contributed by atoms with Gasteiger partial charge >= 0.3 is 0 Å². The number of aryl methyl sites for hydroxylation is 1. The zero-order valence-electron chi connectivity index (χ0n) is 17.8. The van der Waals surface area contributed by atoms with Gasteiger partial charge in [0.1, 0.15) is 12.3 Å². The van der Waals surface area contributed by atoms with Gasteiger partial charge in [0.2, 0.25) is 5.91 Å². The second kappa shape index (κ2) is 9.66. The molecule has 0 radical (unpaired) electrons. The van der Waals surface area contributed by atoms with E-state index in [2.05, 4.69) is 5.32 Å². The van der Waals surface area contributed by atoms with Crippen molar-refractivity contribution in [3.8, 4) is 5.75 Å². The maximum Gasteiger partial charge on any atom is 0.264 e. The zero-order valence-corrected chi connectivity index (χ0v) is 18.6. The summed E-state index contributed by atoms with van der Waals surface area (Å²) in [6, 6.07) is 20.3. The number of anilines is 2.